The fourth-order valence-corrected chi connectivity index (χ4v) is 4.81. The number of nitrogens with one attached hydrogen (secondary N) is 1. The summed E-state index contributed by atoms with van der Waals surface area (Å²) in [6, 6.07) is 0. The summed E-state index contributed by atoms with van der Waals surface area (Å²) in [5.41, 5.74) is 1.11. The molecule has 4 nitrogen and oxygen atoms in total. The molecule has 0 saturated carbocycles. The van der Waals surface area contributed by atoms with E-state index in [1.807, 2.05) is 11.8 Å². The van der Waals surface area contributed by atoms with Crippen LogP contribution in [0.2, 0.25) is 5.15 Å². The van der Waals surface area contributed by atoms with Crippen molar-refractivity contribution in [3.05, 3.63) is 10.7 Å². The van der Waals surface area contributed by atoms with E-state index in [0.29, 0.717) is 22.3 Å². The highest BCUT2D eigenvalue weighted by atomic mass is 35.5. The zero-order valence-electron chi connectivity index (χ0n) is 12.4. The molecule has 1 aromatic rings. The number of fused-ring (bicyclic) bond motifs is 3. The van der Waals surface area contributed by atoms with E-state index in [1.54, 1.807) is 0 Å². The highest BCUT2D eigenvalue weighted by Crippen LogP contribution is 2.50. The second-order valence-corrected chi connectivity index (χ2v) is 8.33. The van der Waals surface area contributed by atoms with Crippen LogP contribution in [0.3, 0.4) is 0 Å². The summed E-state index contributed by atoms with van der Waals surface area (Å²) in [5.74, 6) is 1.16. The number of piperidine rings is 1. The van der Waals surface area contributed by atoms with Crippen molar-refractivity contribution in [2.24, 2.45) is 0 Å². The van der Waals surface area contributed by atoms with Crippen molar-refractivity contribution >= 4 is 29.3 Å². The zero-order chi connectivity index (χ0) is 14.5. The number of anilines is 1. The maximum atomic E-state index is 6.44. The fourth-order valence-electron chi connectivity index (χ4n) is 2.88. The molecule has 1 aromatic heterocycles. The van der Waals surface area contributed by atoms with Crippen molar-refractivity contribution in [3.63, 3.8) is 0 Å². The minimum Gasteiger partial charge on any atom is -0.350 e. The predicted octanol–water partition coefficient (Wildman–Crippen LogP) is 3.23. The molecule has 0 radical (unpaired) electrons. The molecule has 110 valence electrons. The van der Waals surface area contributed by atoms with Gasteiger partial charge in [0.1, 0.15) is 10.2 Å². The minimum absolute atomic E-state index is 0.0617. The molecule has 2 aliphatic heterocycles. The summed E-state index contributed by atoms with van der Waals surface area (Å²) in [6.45, 7) is 8.52. The van der Waals surface area contributed by atoms with E-state index in [4.69, 9.17) is 11.6 Å². The average molecular weight is 313 g/mol. The Morgan fingerprint density at radius 1 is 1.35 bits per heavy atom. The van der Waals surface area contributed by atoms with E-state index in [9.17, 15) is 0 Å². The normalized spacial score (nSPS) is 26.2. The monoisotopic (exact) mass is 312 g/mol. The van der Waals surface area contributed by atoms with Crippen LogP contribution in [0.15, 0.2) is 5.03 Å². The Labute approximate surface area is 129 Å². The molecular formula is C14H21ClN4S. The summed E-state index contributed by atoms with van der Waals surface area (Å²) in [6.07, 6.45) is 1.15. The predicted molar refractivity (Wildman–Crippen MR) is 84.9 cm³/mol. The topological polar surface area (TPSA) is 41.1 Å². The Balaban J connectivity index is 1.91. The fraction of sp³-hybridized carbons (Fsp3) is 0.714. The van der Waals surface area contributed by atoms with Crippen LogP contribution in [0, 0.1) is 0 Å². The van der Waals surface area contributed by atoms with Gasteiger partial charge < -0.3 is 10.2 Å². The number of halogens is 1. The molecule has 0 spiro atoms. The highest BCUT2D eigenvalue weighted by molar-refractivity contribution is 8.00. The lowest BCUT2D eigenvalue weighted by Crippen LogP contribution is -2.36. The van der Waals surface area contributed by atoms with Gasteiger partial charge in [-0.15, -0.1) is 11.8 Å². The van der Waals surface area contributed by atoms with Crippen LogP contribution in [-0.2, 0) is 0 Å². The van der Waals surface area contributed by atoms with Crippen LogP contribution in [0.1, 0.15) is 38.7 Å². The third kappa shape index (κ3) is 2.76. The van der Waals surface area contributed by atoms with E-state index in [1.165, 1.54) is 5.56 Å². The Morgan fingerprint density at radius 2 is 2.10 bits per heavy atom. The first-order chi connectivity index (χ1) is 9.33. The summed E-state index contributed by atoms with van der Waals surface area (Å²) in [7, 11) is 2.18. The maximum absolute atomic E-state index is 6.44. The maximum Gasteiger partial charge on any atom is 0.225 e. The Bertz CT molecular complexity index is 529. The Kier molecular flexibility index (Phi) is 3.63. The van der Waals surface area contributed by atoms with Gasteiger partial charge in [0.2, 0.25) is 5.95 Å². The van der Waals surface area contributed by atoms with E-state index < -0.39 is 0 Å². The lowest BCUT2D eigenvalue weighted by atomic mass is 9.91. The van der Waals surface area contributed by atoms with Gasteiger partial charge in [-0.3, -0.25) is 0 Å². The van der Waals surface area contributed by atoms with Gasteiger partial charge in [0.25, 0.3) is 0 Å². The molecular weight excluding hydrogens is 292 g/mol. The third-order valence-electron chi connectivity index (χ3n) is 3.75. The Morgan fingerprint density at radius 3 is 2.80 bits per heavy atom. The van der Waals surface area contributed by atoms with Gasteiger partial charge in [0.05, 0.1) is 0 Å². The number of nitrogens with zero attached hydrogens (tertiary/aromatic N) is 3. The molecule has 2 aliphatic rings. The van der Waals surface area contributed by atoms with Gasteiger partial charge in [-0.25, -0.2) is 9.97 Å². The van der Waals surface area contributed by atoms with Crippen LogP contribution in [0.5, 0.6) is 0 Å². The van der Waals surface area contributed by atoms with Gasteiger partial charge in [0, 0.05) is 28.8 Å². The SMILES string of the molecule is CN1CCC2c3c(Cl)nc(NC(C)(C)C)nc3SC2C1. The first kappa shape index (κ1) is 14.4. The van der Waals surface area contributed by atoms with Crippen LogP contribution >= 0.6 is 23.4 Å². The van der Waals surface area contributed by atoms with Crippen molar-refractivity contribution in [2.45, 2.75) is 48.9 Å². The second kappa shape index (κ2) is 5.04. The molecule has 3 heterocycles. The van der Waals surface area contributed by atoms with Gasteiger partial charge in [0.15, 0.2) is 0 Å². The van der Waals surface area contributed by atoms with Crippen molar-refractivity contribution < 1.29 is 0 Å². The van der Waals surface area contributed by atoms with E-state index in [2.05, 4.69) is 48.0 Å². The molecule has 0 aliphatic carbocycles. The van der Waals surface area contributed by atoms with Crippen LogP contribution in [0.25, 0.3) is 0 Å². The van der Waals surface area contributed by atoms with Crippen molar-refractivity contribution in [1.29, 1.82) is 0 Å². The number of rotatable bonds is 1. The van der Waals surface area contributed by atoms with Gasteiger partial charge in [-0.1, -0.05) is 11.6 Å². The molecule has 0 bridgehead atoms. The first-order valence-corrected chi connectivity index (χ1v) is 8.30. The van der Waals surface area contributed by atoms with Crippen molar-refractivity contribution in [3.8, 4) is 0 Å². The van der Waals surface area contributed by atoms with Gasteiger partial charge in [-0.05, 0) is 40.8 Å². The quantitative estimate of drug-likeness (QED) is 0.806. The molecule has 1 N–H and O–H groups in total. The number of hydrogen-bond donors (Lipinski definition) is 1. The van der Waals surface area contributed by atoms with Crippen LogP contribution in [-0.4, -0.2) is 45.8 Å². The molecule has 0 amide bonds. The number of aromatic nitrogens is 2. The molecule has 6 heteroatoms. The third-order valence-corrected chi connectivity index (χ3v) is 5.35. The summed E-state index contributed by atoms with van der Waals surface area (Å²) in [5, 5.41) is 5.58. The largest absolute Gasteiger partial charge is 0.350 e. The van der Waals surface area contributed by atoms with E-state index >= 15 is 0 Å². The first-order valence-electron chi connectivity index (χ1n) is 7.04. The number of hydrogen-bond acceptors (Lipinski definition) is 5. The molecule has 0 aromatic carbocycles. The lowest BCUT2D eigenvalue weighted by molar-refractivity contribution is 0.264. The van der Waals surface area contributed by atoms with Gasteiger partial charge >= 0.3 is 0 Å². The van der Waals surface area contributed by atoms with E-state index in [0.717, 1.165) is 24.5 Å². The van der Waals surface area contributed by atoms with Crippen LogP contribution < -0.4 is 5.32 Å². The lowest BCUT2D eigenvalue weighted by Gasteiger charge is -2.31. The summed E-state index contributed by atoms with van der Waals surface area (Å²) in [4.78, 5) is 11.5. The minimum atomic E-state index is -0.0617. The molecule has 1 fully saturated rings. The highest BCUT2D eigenvalue weighted by Gasteiger charge is 2.40. The smallest absolute Gasteiger partial charge is 0.225 e. The zero-order valence-corrected chi connectivity index (χ0v) is 14.0. The standard InChI is InChI=1S/C14H21ClN4S/c1-14(2,3)18-13-16-11(15)10-8-5-6-19(4)7-9(8)20-12(10)17-13/h8-9H,5-7H2,1-4H3,(H,16,17,18). The van der Waals surface area contributed by atoms with E-state index in [-0.39, 0.29) is 5.54 Å². The van der Waals surface area contributed by atoms with Crippen LogP contribution in [0.4, 0.5) is 5.95 Å². The molecule has 1 saturated heterocycles. The summed E-state index contributed by atoms with van der Waals surface area (Å²) >= 11 is 8.30. The average Bonchev–Trinajstić information content (AvgIpc) is 2.63. The summed E-state index contributed by atoms with van der Waals surface area (Å²) < 4.78 is 0. The number of likely N-dealkylation sites (tertiary alicyclic amines) is 1. The Hall–Kier alpha value is -0.520. The van der Waals surface area contributed by atoms with Crippen molar-refractivity contribution in [1.82, 2.24) is 14.9 Å². The molecule has 2 unspecified atom stereocenters. The molecule has 3 rings (SSSR count). The van der Waals surface area contributed by atoms with Gasteiger partial charge in [-0.2, -0.15) is 0 Å². The molecule has 20 heavy (non-hydrogen) atoms. The molecule has 2 atom stereocenters. The number of thioether (sulfide) groups is 1. The second-order valence-electron chi connectivity index (χ2n) is 6.75. The van der Waals surface area contributed by atoms with Crippen molar-refractivity contribution in [2.75, 3.05) is 25.5 Å².